The van der Waals surface area contributed by atoms with E-state index in [1.165, 1.54) is 0 Å². The quantitative estimate of drug-likeness (QED) is 0.875. The largest absolute Gasteiger partial charge is 0.496 e. The molecule has 20 heavy (non-hydrogen) atoms. The van der Waals surface area contributed by atoms with Crippen molar-refractivity contribution in [3.63, 3.8) is 0 Å². The average molecular weight is 298 g/mol. The molecule has 1 saturated carbocycles. The average Bonchev–Trinajstić information content (AvgIpc) is 2.48. The van der Waals surface area contributed by atoms with Gasteiger partial charge in [0.25, 0.3) is 0 Å². The van der Waals surface area contributed by atoms with Crippen LogP contribution in [0.15, 0.2) is 18.2 Å². The minimum absolute atomic E-state index is 0.170. The summed E-state index contributed by atoms with van der Waals surface area (Å²) in [6.07, 6.45) is 4.34. The second-order valence-electron chi connectivity index (χ2n) is 5.90. The molecule has 1 aromatic rings. The van der Waals surface area contributed by atoms with Gasteiger partial charge in [-0.2, -0.15) is 0 Å². The Kier molecular flexibility index (Phi) is 5.30. The highest BCUT2D eigenvalue weighted by Gasteiger charge is 2.33. The van der Waals surface area contributed by atoms with E-state index < -0.39 is 0 Å². The zero-order chi connectivity index (χ0) is 14.6. The summed E-state index contributed by atoms with van der Waals surface area (Å²) in [7, 11) is 1.65. The van der Waals surface area contributed by atoms with Crippen LogP contribution in [0.2, 0.25) is 5.02 Å². The van der Waals surface area contributed by atoms with Gasteiger partial charge in [-0.05, 0) is 43.7 Å². The molecule has 2 rings (SSSR count). The van der Waals surface area contributed by atoms with E-state index in [1.54, 1.807) is 7.11 Å². The standard InChI is InChI=1S/C16H24ClNO2/c1-12-6-8-16(11-19,9-7-12)18-10-13-14(17)4-3-5-15(13)20-2/h3-5,12,18-19H,6-11H2,1-2H3. The number of hydrogen-bond acceptors (Lipinski definition) is 3. The molecule has 1 aliphatic rings. The van der Waals surface area contributed by atoms with Crippen LogP contribution in [0, 0.1) is 5.92 Å². The fourth-order valence-corrected chi connectivity index (χ4v) is 3.12. The van der Waals surface area contributed by atoms with Crippen molar-refractivity contribution in [3.8, 4) is 5.75 Å². The second kappa shape index (κ2) is 6.79. The summed E-state index contributed by atoms with van der Waals surface area (Å²) in [5, 5.41) is 14.0. The molecular formula is C16H24ClNO2. The number of aliphatic hydroxyl groups excluding tert-OH is 1. The fourth-order valence-electron chi connectivity index (χ4n) is 2.88. The summed E-state index contributed by atoms with van der Waals surface area (Å²) in [4.78, 5) is 0. The third kappa shape index (κ3) is 3.46. The molecule has 1 aromatic carbocycles. The minimum atomic E-state index is -0.170. The smallest absolute Gasteiger partial charge is 0.124 e. The highest BCUT2D eigenvalue weighted by molar-refractivity contribution is 6.31. The Labute approximate surface area is 126 Å². The highest BCUT2D eigenvalue weighted by atomic mass is 35.5. The Bertz CT molecular complexity index is 442. The predicted octanol–water partition coefficient (Wildman–Crippen LogP) is 3.38. The van der Waals surface area contributed by atoms with E-state index in [4.69, 9.17) is 16.3 Å². The highest BCUT2D eigenvalue weighted by Crippen LogP contribution is 2.33. The first kappa shape index (κ1) is 15.6. The zero-order valence-corrected chi connectivity index (χ0v) is 13.0. The summed E-state index contributed by atoms with van der Waals surface area (Å²) >= 11 is 6.26. The van der Waals surface area contributed by atoms with Gasteiger partial charge in [-0.3, -0.25) is 0 Å². The zero-order valence-electron chi connectivity index (χ0n) is 12.3. The maximum Gasteiger partial charge on any atom is 0.124 e. The van der Waals surface area contributed by atoms with Crippen LogP contribution in [-0.4, -0.2) is 24.4 Å². The van der Waals surface area contributed by atoms with E-state index in [-0.39, 0.29) is 12.1 Å². The molecule has 1 fully saturated rings. The summed E-state index contributed by atoms with van der Waals surface area (Å²) in [6, 6.07) is 5.67. The summed E-state index contributed by atoms with van der Waals surface area (Å²) in [6.45, 7) is 3.07. The Balaban J connectivity index is 2.07. The molecule has 0 spiro atoms. The Morgan fingerprint density at radius 2 is 2.10 bits per heavy atom. The fraction of sp³-hybridized carbons (Fsp3) is 0.625. The first-order valence-electron chi connectivity index (χ1n) is 7.27. The minimum Gasteiger partial charge on any atom is -0.496 e. The van der Waals surface area contributed by atoms with Gasteiger partial charge < -0.3 is 15.2 Å². The lowest BCUT2D eigenvalue weighted by Gasteiger charge is -2.39. The number of hydrogen-bond donors (Lipinski definition) is 2. The maximum absolute atomic E-state index is 9.77. The Hall–Kier alpha value is -0.770. The van der Waals surface area contributed by atoms with Crippen LogP contribution in [0.4, 0.5) is 0 Å². The number of benzene rings is 1. The van der Waals surface area contributed by atoms with Gasteiger partial charge in [-0.25, -0.2) is 0 Å². The summed E-state index contributed by atoms with van der Waals surface area (Å²) in [5.41, 5.74) is 0.791. The van der Waals surface area contributed by atoms with Crippen LogP contribution in [0.5, 0.6) is 5.75 Å². The van der Waals surface area contributed by atoms with Crippen LogP contribution in [0.3, 0.4) is 0 Å². The van der Waals surface area contributed by atoms with Crippen LogP contribution in [-0.2, 0) is 6.54 Å². The number of nitrogens with one attached hydrogen (secondary N) is 1. The third-order valence-corrected chi connectivity index (χ3v) is 4.82. The second-order valence-corrected chi connectivity index (χ2v) is 6.30. The number of aliphatic hydroxyl groups is 1. The van der Waals surface area contributed by atoms with Gasteiger partial charge >= 0.3 is 0 Å². The molecule has 0 saturated heterocycles. The lowest BCUT2D eigenvalue weighted by molar-refractivity contribution is 0.104. The molecular weight excluding hydrogens is 274 g/mol. The molecule has 0 bridgehead atoms. The lowest BCUT2D eigenvalue weighted by atomic mass is 9.77. The van der Waals surface area contributed by atoms with E-state index in [1.807, 2.05) is 18.2 Å². The van der Waals surface area contributed by atoms with E-state index in [0.29, 0.717) is 11.6 Å². The van der Waals surface area contributed by atoms with Gasteiger partial charge in [0.1, 0.15) is 5.75 Å². The SMILES string of the molecule is COc1cccc(Cl)c1CNC1(CO)CCC(C)CC1. The molecule has 0 unspecified atom stereocenters. The molecule has 112 valence electrons. The van der Waals surface area contributed by atoms with Crippen LogP contribution in [0.1, 0.15) is 38.2 Å². The number of halogens is 1. The first-order chi connectivity index (χ1) is 9.60. The van der Waals surface area contributed by atoms with Crippen LogP contribution >= 0.6 is 11.6 Å². The van der Waals surface area contributed by atoms with Gasteiger partial charge in [0, 0.05) is 22.7 Å². The molecule has 4 heteroatoms. The van der Waals surface area contributed by atoms with Gasteiger partial charge in [0.15, 0.2) is 0 Å². The lowest BCUT2D eigenvalue weighted by Crippen LogP contribution is -2.50. The van der Waals surface area contributed by atoms with Crippen molar-refractivity contribution in [2.75, 3.05) is 13.7 Å². The molecule has 0 aliphatic heterocycles. The van der Waals surface area contributed by atoms with E-state index in [9.17, 15) is 5.11 Å². The van der Waals surface area contributed by atoms with Crippen molar-refractivity contribution in [2.45, 2.75) is 44.7 Å². The first-order valence-corrected chi connectivity index (χ1v) is 7.65. The number of rotatable bonds is 5. The van der Waals surface area contributed by atoms with E-state index >= 15 is 0 Å². The molecule has 0 atom stereocenters. The van der Waals surface area contributed by atoms with Crippen molar-refractivity contribution in [2.24, 2.45) is 5.92 Å². The molecule has 1 aliphatic carbocycles. The van der Waals surface area contributed by atoms with Gasteiger partial charge in [-0.15, -0.1) is 0 Å². The monoisotopic (exact) mass is 297 g/mol. The van der Waals surface area contributed by atoms with Crippen LogP contribution < -0.4 is 10.1 Å². The Morgan fingerprint density at radius 1 is 1.40 bits per heavy atom. The molecule has 0 amide bonds. The summed E-state index contributed by atoms with van der Waals surface area (Å²) in [5.74, 6) is 1.55. The Morgan fingerprint density at radius 3 is 2.70 bits per heavy atom. The van der Waals surface area contributed by atoms with E-state index in [2.05, 4.69) is 12.2 Å². The normalized spacial score (nSPS) is 26.5. The van der Waals surface area contributed by atoms with Crippen molar-refractivity contribution in [1.29, 1.82) is 0 Å². The molecule has 2 N–H and O–H groups in total. The van der Waals surface area contributed by atoms with Crippen molar-refractivity contribution >= 4 is 11.6 Å². The van der Waals surface area contributed by atoms with Crippen molar-refractivity contribution in [1.82, 2.24) is 5.32 Å². The van der Waals surface area contributed by atoms with Crippen molar-refractivity contribution in [3.05, 3.63) is 28.8 Å². The molecule has 0 heterocycles. The predicted molar refractivity (Wildman–Crippen MR) is 82.3 cm³/mol. The molecule has 0 aromatic heterocycles. The third-order valence-electron chi connectivity index (χ3n) is 4.47. The number of ether oxygens (including phenoxy) is 1. The van der Waals surface area contributed by atoms with Crippen molar-refractivity contribution < 1.29 is 9.84 Å². The van der Waals surface area contributed by atoms with Gasteiger partial charge in [0.2, 0.25) is 0 Å². The molecule has 0 radical (unpaired) electrons. The topological polar surface area (TPSA) is 41.5 Å². The number of methoxy groups -OCH3 is 1. The maximum atomic E-state index is 9.77. The summed E-state index contributed by atoms with van der Waals surface area (Å²) < 4.78 is 5.36. The van der Waals surface area contributed by atoms with Gasteiger partial charge in [-0.1, -0.05) is 24.6 Å². The van der Waals surface area contributed by atoms with Gasteiger partial charge in [0.05, 0.1) is 13.7 Å². The molecule has 3 nitrogen and oxygen atoms in total. The van der Waals surface area contributed by atoms with Crippen LogP contribution in [0.25, 0.3) is 0 Å². The van der Waals surface area contributed by atoms with E-state index in [0.717, 1.165) is 42.9 Å².